The highest BCUT2D eigenvalue weighted by Crippen LogP contribution is 2.21. The van der Waals surface area contributed by atoms with E-state index in [2.05, 4.69) is 17.7 Å². The smallest absolute Gasteiger partial charge is 0.260 e. The first-order valence-corrected chi connectivity index (χ1v) is 6.98. The summed E-state index contributed by atoms with van der Waals surface area (Å²) in [5, 5.41) is 3.27. The van der Waals surface area contributed by atoms with Crippen LogP contribution in [0.3, 0.4) is 0 Å². The summed E-state index contributed by atoms with van der Waals surface area (Å²) in [5.74, 6) is 0.688. The van der Waals surface area contributed by atoms with E-state index in [-0.39, 0.29) is 18.1 Å². The van der Waals surface area contributed by atoms with E-state index in [4.69, 9.17) is 4.84 Å². The maximum Gasteiger partial charge on any atom is 0.260 e. The van der Waals surface area contributed by atoms with Gasteiger partial charge >= 0.3 is 0 Å². The van der Waals surface area contributed by atoms with Crippen LogP contribution < -0.4 is 10.8 Å². The Balaban J connectivity index is 1.71. The summed E-state index contributed by atoms with van der Waals surface area (Å²) in [6, 6.07) is -0.0601. The number of nitrogens with one attached hydrogen (secondary N) is 2. The third-order valence-corrected chi connectivity index (χ3v) is 4.03. The minimum Gasteiger partial charge on any atom is -0.306 e. The Morgan fingerprint density at radius 1 is 1.35 bits per heavy atom. The standard InChI is InChI=1S/C13H24N2O2/c1-2-10-7-8-14-12(9-10)13(16)15-17-11-5-3-4-6-11/h10-12,14H,2-9H2,1H3,(H,15,16). The van der Waals surface area contributed by atoms with Crippen LogP contribution >= 0.6 is 0 Å². The van der Waals surface area contributed by atoms with Crippen molar-refractivity contribution < 1.29 is 9.63 Å². The topological polar surface area (TPSA) is 50.4 Å². The molecular weight excluding hydrogens is 216 g/mol. The van der Waals surface area contributed by atoms with Crippen LogP contribution in [0.4, 0.5) is 0 Å². The normalized spacial score (nSPS) is 30.4. The van der Waals surface area contributed by atoms with Crippen molar-refractivity contribution in [3.8, 4) is 0 Å². The van der Waals surface area contributed by atoms with Crippen molar-refractivity contribution in [2.24, 2.45) is 5.92 Å². The van der Waals surface area contributed by atoms with Gasteiger partial charge in [0, 0.05) is 0 Å². The van der Waals surface area contributed by atoms with E-state index >= 15 is 0 Å². The van der Waals surface area contributed by atoms with Crippen molar-refractivity contribution in [2.75, 3.05) is 6.54 Å². The summed E-state index contributed by atoms with van der Waals surface area (Å²) in [7, 11) is 0. The second-order valence-electron chi connectivity index (χ2n) is 5.30. The van der Waals surface area contributed by atoms with Gasteiger partial charge in [0.1, 0.15) is 0 Å². The molecule has 0 bridgehead atoms. The van der Waals surface area contributed by atoms with E-state index in [9.17, 15) is 4.79 Å². The molecule has 2 rings (SSSR count). The zero-order chi connectivity index (χ0) is 12.1. The largest absolute Gasteiger partial charge is 0.306 e. The average Bonchev–Trinajstić information content (AvgIpc) is 2.89. The van der Waals surface area contributed by atoms with Crippen LogP contribution in [-0.4, -0.2) is 24.6 Å². The lowest BCUT2D eigenvalue weighted by Gasteiger charge is -2.28. The van der Waals surface area contributed by atoms with Gasteiger partial charge in [0.25, 0.3) is 5.91 Å². The van der Waals surface area contributed by atoms with Crippen LogP contribution in [0.1, 0.15) is 51.9 Å². The van der Waals surface area contributed by atoms with Gasteiger partial charge in [-0.1, -0.05) is 26.2 Å². The Bertz CT molecular complexity index is 252. The number of hydroxylamine groups is 1. The quantitative estimate of drug-likeness (QED) is 0.736. The van der Waals surface area contributed by atoms with E-state index in [1.54, 1.807) is 0 Å². The van der Waals surface area contributed by atoms with E-state index in [1.165, 1.54) is 19.3 Å². The van der Waals surface area contributed by atoms with Crippen LogP contribution in [-0.2, 0) is 9.63 Å². The molecule has 0 radical (unpaired) electrons. The summed E-state index contributed by atoms with van der Waals surface area (Å²) in [5.41, 5.74) is 2.64. The highest BCUT2D eigenvalue weighted by Gasteiger charge is 2.27. The first-order chi connectivity index (χ1) is 8.29. The summed E-state index contributed by atoms with van der Waals surface area (Å²) in [6.07, 6.45) is 8.13. The lowest BCUT2D eigenvalue weighted by atomic mass is 9.90. The molecule has 0 aromatic heterocycles. The monoisotopic (exact) mass is 240 g/mol. The molecule has 2 N–H and O–H groups in total. The van der Waals surface area contributed by atoms with Gasteiger partial charge in [-0.2, -0.15) is 0 Å². The molecule has 98 valence electrons. The Hall–Kier alpha value is -0.610. The van der Waals surface area contributed by atoms with Crippen molar-refractivity contribution in [1.29, 1.82) is 0 Å². The number of carbonyl (C=O) groups excluding carboxylic acids is 1. The molecule has 0 spiro atoms. The van der Waals surface area contributed by atoms with Gasteiger partial charge in [-0.15, -0.1) is 0 Å². The predicted octanol–water partition coefficient (Wildman–Crippen LogP) is 1.75. The minimum atomic E-state index is -0.0601. The van der Waals surface area contributed by atoms with Gasteiger partial charge in [-0.05, 0) is 38.1 Å². The van der Waals surface area contributed by atoms with Gasteiger partial charge in [-0.25, -0.2) is 5.48 Å². The van der Waals surface area contributed by atoms with Crippen molar-refractivity contribution in [2.45, 2.75) is 64.0 Å². The van der Waals surface area contributed by atoms with Gasteiger partial charge < -0.3 is 5.32 Å². The van der Waals surface area contributed by atoms with Crippen LogP contribution in [0, 0.1) is 5.92 Å². The molecule has 17 heavy (non-hydrogen) atoms. The number of amides is 1. The van der Waals surface area contributed by atoms with Crippen LogP contribution in [0.25, 0.3) is 0 Å². The molecular formula is C13H24N2O2. The highest BCUT2D eigenvalue weighted by molar-refractivity contribution is 5.80. The fourth-order valence-electron chi connectivity index (χ4n) is 2.79. The second kappa shape index (κ2) is 6.36. The van der Waals surface area contributed by atoms with Crippen molar-refractivity contribution >= 4 is 5.91 Å². The van der Waals surface area contributed by atoms with Crippen LogP contribution in [0.5, 0.6) is 0 Å². The van der Waals surface area contributed by atoms with Crippen LogP contribution in [0.2, 0.25) is 0 Å². The first-order valence-electron chi connectivity index (χ1n) is 6.98. The van der Waals surface area contributed by atoms with Crippen molar-refractivity contribution in [1.82, 2.24) is 10.8 Å². The second-order valence-corrected chi connectivity index (χ2v) is 5.30. The Morgan fingerprint density at radius 2 is 2.12 bits per heavy atom. The number of hydrogen-bond donors (Lipinski definition) is 2. The SMILES string of the molecule is CCC1CCNC(C(=O)NOC2CCCC2)C1. The number of carbonyl (C=O) groups is 1. The van der Waals surface area contributed by atoms with Crippen LogP contribution in [0.15, 0.2) is 0 Å². The third kappa shape index (κ3) is 3.68. The number of rotatable bonds is 4. The maximum absolute atomic E-state index is 11.9. The van der Waals surface area contributed by atoms with Crippen molar-refractivity contribution in [3.63, 3.8) is 0 Å². The molecule has 0 aromatic carbocycles. The summed E-state index contributed by atoms with van der Waals surface area (Å²) in [4.78, 5) is 17.4. The Kier molecular flexibility index (Phi) is 4.80. The molecule has 1 heterocycles. The molecule has 2 aliphatic rings. The zero-order valence-electron chi connectivity index (χ0n) is 10.7. The maximum atomic E-state index is 11.9. The molecule has 4 heteroatoms. The molecule has 2 unspecified atom stereocenters. The lowest BCUT2D eigenvalue weighted by molar-refractivity contribution is -0.141. The highest BCUT2D eigenvalue weighted by atomic mass is 16.7. The molecule has 4 nitrogen and oxygen atoms in total. The summed E-state index contributed by atoms with van der Waals surface area (Å²) in [6.45, 7) is 3.14. The minimum absolute atomic E-state index is 0.00931. The van der Waals surface area contributed by atoms with Gasteiger partial charge in [0.15, 0.2) is 0 Å². The van der Waals surface area contributed by atoms with E-state index in [0.717, 1.165) is 32.2 Å². The van der Waals surface area contributed by atoms with E-state index < -0.39 is 0 Å². The molecule has 1 saturated heterocycles. The molecule has 1 amide bonds. The summed E-state index contributed by atoms with van der Waals surface area (Å²) < 4.78 is 0. The molecule has 1 aliphatic carbocycles. The Morgan fingerprint density at radius 3 is 2.82 bits per heavy atom. The lowest BCUT2D eigenvalue weighted by Crippen LogP contribution is -2.49. The molecule has 0 aromatic rings. The zero-order valence-corrected chi connectivity index (χ0v) is 10.7. The molecule has 2 fully saturated rings. The first kappa shape index (κ1) is 12.8. The summed E-state index contributed by atoms with van der Waals surface area (Å²) >= 11 is 0. The molecule has 1 saturated carbocycles. The third-order valence-electron chi connectivity index (χ3n) is 4.03. The number of piperidine rings is 1. The molecule has 2 atom stereocenters. The van der Waals surface area contributed by atoms with Crippen molar-refractivity contribution in [3.05, 3.63) is 0 Å². The Labute approximate surface area is 103 Å². The molecule has 1 aliphatic heterocycles. The van der Waals surface area contributed by atoms with E-state index in [1.807, 2.05) is 0 Å². The fraction of sp³-hybridized carbons (Fsp3) is 0.923. The van der Waals surface area contributed by atoms with E-state index in [0.29, 0.717) is 5.92 Å². The fourth-order valence-corrected chi connectivity index (χ4v) is 2.79. The van der Waals surface area contributed by atoms with Gasteiger partial charge in [0.2, 0.25) is 0 Å². The van der Waals surface area contributed by atoms with Gasteiger partial charge in [-0.3, -0.25) is 9.63 Å². The van der Waals surface area contributed by atoms with Gasteiger partial charge in [0.05, 0.1) is 12.1 Å². The number of hydrogen-bond acceptors (Lipinski definition) is 3. The predicted molar refractivity (Wildman–Crippen MR) is 66.3 cm³/mol. The average molecular weight is 240 g/mol.